The molecule has 5 heteroatoms. The van der Waals surface area contributed by atoms with E-state index in [1.807, 2.05) is 19.1 Å². The highest BCUT2D eigenvalue weighted by Gasteiger charge is 2.22. The zero-order valence-corrected chi connectivity index (χ0v) is 12.4. The number of hydrogen-bond donors (Lipinski definition) is 2. The molecular formula is C16H23NO4. The number of carboxylic acid groups (broad SMARTS) is 1. The normalized spacial score (nSPS) is 19.4. The number of aliphatic carboxylic acids is 1. The van der Waals surface area contributed by atoms with Gasteiger partial charge in [0.05, 0.1) is 6.61 Å². The molecule has 0 aliphatic carbocycles. The molecule has 0 spiro atoms. The summed E-state index contributed by atoms with van der Waals surface area (Å²) in [6.45, 7) is 4.96. The Bertz CT molecular complexity index is 489. The van der Waals surface area contributed by atoms with Crippen LogP contribution in [0.5, 0.6) is 11.5 Å². The first kappa shape index (κ1) is 15.6. The average Bonchev–Trinajstić information content (AvgIpc) is 2.42. The number of benzene rings is 1. The van der Waals surface area contributed by atoms with Gasteiger partial charge in [-0.05, 0) is 49.9 Å². The van der Waals surface area contributed by atoms with Crippen LogP contribution in [0.2, 0.25) is 0 Å². The molecule has 0 saturated carbocycles. The van der Waals surface area contributed by atoms with Crippen LogP contribution in [-0.2, 0) is 11.3 Å². The molecule has 0 amide bonds. The second-order valence-electron chi connectivity index (χ2n) is 5.58. The van der Waals surface area contributed by atoms with Crippen LogP contribution in [0.3, 0.4) is 0 Å². The average molecular weight is 293 g/mol. The fourth-order valence-corrected chi connectivity index (χ4v) is 2.89. The van der Waals surface area contributed by atoms with Gasteiger partial charge < -0.3 is 14.9 Å². The highest BCUT2D eigenvalue weighted by Crippen LogP contribution is 2.28. The third-order valence-corrected chi connectivity index (χ3v) is 3.80. The highest BCUT2D eigenvalue weighted by molar-refractivity contribution is 5.67. The van der Waals surface area contributed by atoms with Crippen LogP contribution in [0, 0.1) is 5.92 Å². The molecule has 1 aliphatic heterocycles. The summed E-state index contributed by atoms with van der Waals surface area (Å²) in [6.07, 6.45) is 2.27. The summed E-state index contributed by atoms with van der Waals surface area (Å²) in [5.41, 5.74) is 1.08. The number of rotatable bonds is 6. The summed E-state index contributed by atoms with van der Waals surface area (Å²) < 4.78 is 5.39. The van der Waals surface area contributed by atoms with Crippen molar-refractivity contribution in [3.8, 4) is 11.5 Å². The summed E-state index contributed by atoms with van der Waals surface area (Å²) in [6, 6.07) is 5.40. The predicted molar refractivity (Wildman–Crippen MR) is 79.5 cm³/mol. The van der Waals surface area contributed by atoms with Crippen molar-refractivity contribution in [3.05, 3.63) is 23.8 Å². The lowest BCUT2D eigenvalue weighted by Crippen LogP contribution is -2.35. The molecule has 5 nitrogen and oxygen atoms in total. The third kappa shape index (κ3) is 4.63. The summed E-state index contributed by atoms with van der Waals surface area (Å²) in [5, 5.41) is 18.6. The van der Waals surface area contributed by atoms with E-state index in [0.717, 1.165) is 38.0 Å². The van der Waals surface area contributed by atoms with E-state index >= 15 is 0 Å². The van der Waals surface area contributed by atoms with Crippen molar-refractivity contribution in [2.45, 2.75) is 32.7 Å². The van der Waals surface area contributed by atoms with Gasteiger partial charge in [0.25, 0.3) is 0 Å². The number of piperidine rings is 1. The summed E-state index contributed by atoms with van der Waals surface area (Å²) >= 11 is 0. The van der Waals surface area contributed by atoms with E-state index < -0.39 is 5.97 Å². The molecule has 0 aromatic heterocycles. The minimum atomic E-state index is -0.717. The molecule has 1 fully saturated rings. The summed E-state index contributed by atoms with van der Waals surface area (Å²) in [7, 11) is 0. The molecule has 1 unspecified atom stereocenters. The smallest absolute Gasteiger partial charge is 0.303 e. The van der Waals surface area contributed by atoms with E-state index in [9.17, 15) is 9.90 Å². The lowest BCUT2D eigenvalue weighted by Gasteiger charge is -2.32. The zero-order valence-electron chi connectivity index (χ0n) is 12.4. The number of phenolic OH excluding ortho intramolecular Hbond substituents is 1. The molecule has 21 heavy (non-hydrogen) atoms. The number of ether oxygens (including phenoxy) is 1. The first-order valence-electron chi connectivity index (χ1n) is 7.47. The zero-order chi connectivity index (χ0) is 15.2. The molecule has 1 heterocycles. The Morgan fingerprint density at radius 2 is 2.29 bits per heavy atom. The van der Waals surface area contributed by atoms with Gasteiger partial charge in [0, 0.05) is 19.5 Å². The van der Waals surface area contributed by atoms with E-state index in [1.165, 1.54) is 0 Å². The van der Waals surface area contributed by atoms with Gasteiger partial charge in [0.15, 0.2) is 11.5 Å². The lowest BCUT2D eigenvalue weighted by molar-refractivity contribution is -0.138. The predicted octanol–water partition coefficient (Wildman–Crippen LogP) is 2.48. The van der Waals surface area contributed by atoms with Crippen molar-refractivity contribution in [1.29, 1.82) is 0 Å². The van der Waals surface area contributed by atoms with Crippen LogP contribution >= 0.6 is 0 Å². The fourth-order valence-electron chi connectivity index (χ4n) is 2.89. The standard InChI is InChI=1S/C16H23NO4/c1-2-21-15-8-13(5-6-14(15)18)11-17-7-3-4-12(10-17)9-16(19)20/h5-6,8,12,18H,2-4,7,9-11H2,1H3,(H,19,20). The quantitative estimate of drug-likeness (QED) is 0.843. The molecule has 2 rings (SSSR count). The van der Waals surface area contributed by atoms with Crippen LogP contribution in [0.1, 0.15) is 31.7 Å². The van der Waals surface area contributed by atoms with Crippen LogP contribution in [0.4, 0.5) is 0 Å². The van der Waals surface area contributed by atoms with E-state index in [4.69, 9.17) is 9.84 Å². The van der Waals surface area contributed by atoms with Crippen molar-refractivity contribution in [3.63, 3.8) is 0 Å². The Balaban J connectivity index is 1.97. The number of aromatic hydroxyl groups is 1. The van der Waals surface area contributed by atoms with Crippen LogP contribution < -0.4 is 4.74 Å². The molecule has 0 bridgehead atoms. The molecule has 1 aromatic carbocycles. The van der Waals surface area contributed by atoms with Crippen LogP contribution in [0.15, 0.2) is 18.2 Å². The third-order valence-electron chi connectivity index (χ3n) is 3.80. The SMILES string of the molecule is CCOc1cc(CN2CCCC(CC(=O)O)C2)ccc1O. The first-order chi connectivity index (χ1) is 10.1. The lowest BCUT2D eigenvalue weighted by atomic mass is 9.94. The van der Waals surface area contributed by atoms with E-state index in [-0.39, 0.29) is 18.1 Å². The number of phenols is 1. The van der Waals surface area contributed by atoms with Crippen LogP contribution in [-0.4, -0.2) is 40.8 Å². The maximum Gasteiger partial charge on any atom is 0.303 e. The van der Waals surface area contributed by atoms with Crippen LogP contribution in [0.25, 0.3) is 0 Å². The van der Waals surface area contributed by atoms with E-state index in [2.05, 4.69) is 4.90 Å². The maximum absolute atomic E-state index is 10.8. The molecule has 116 valence electrons. The number of nitrogens with zero attached hydrogens (tertiary/aromatic N) is 1. The Morgan fingerprint density at radius 1 is 1.48 bits per heavy atom. The molecule has 1 aromatic rings. The first-order valence-corrected chi connectivity index (χ1v) is 7.47. The van der Waals surface area contributed by atoms with Crippen molar-refractivity contribution in [1.82, 2.24) is 4.90 Å². The molecule has 1 saturated heterocycles. The topological polar surface area (TPSA) is 70.0 Å². The number of carbonyl (C=O) groups is 1. The monoisotopic (exact) mass is 293 g/mol. The van der Waals surface area contributed by atoms with E-state index in [1.54, 1.807) is 6.07 Å². The largest absolute Gasteiger partial charge is 0.504 e. The Kier molecular flexibility index (Phi) is 5.44. The Hall–Kier alpha value is -1.75. The van der Waals surface area contributed by atoms with Gasteiger partial charge in [-0.3, -0.25) is 9.69 Å². The molecular weight excluding hydrogens is 270 g/mol. The summed E-state index contributed by atoms with van der Waals surface area (Å²) in [4.78, 5) is 13.1. The number of carboxylic acids is 1. The van der Waals surface area contributed by atoms with Crippen molar-refractivity contribution < 1.29 is 19.7 Å². The molecule has 1 aliphatic rings. The fraction of sp³-hybridized carbons (Fsp3) is 0.562. The van der Waals surface area contributed by atoms with Gasteiger partial charge >= 0.3 is 5.97 Å². The van der Waals surface area contributed by atoms with Gasteiger partial charge in [0.2, 0.25) is 0 Å². The van der Waals surface area contributed by atoms with Gasteiger partial charge in [-0.1, -0.05) is 6.07 Å². The number of hydrogen-bond acceptors (Lipinski definition) is 4. The minimum absolute atomic E-state index is 0.156. The Morgan fingerprint density at radius 3 is 3.00 bits per heavy atom. The highest BCUT2D eigenvalue weighted by atomic mass is 16.5. The molecule has 2 N–H and O–H groups in total. The maximum atomic E-state index is 10.8. The van der Waals surface area contributed by atoms with E-state index in [0.29, 0.717) is 12.4 Å². The second-order valence-corrected chi connectivity index (χ2v) is 5.58. The van der Waals surface area contributed by atoms with Gasteiger partial charge in [-0.25, -0.2) is 0 Å². The molecule has 1 atom stereocenters. The summed E-state index contributed by atoms with van der Waals surface area (Å²) in [5.74, 6) is 0.182. The van der Waals surface area contributed by atoms with Crippen molar-refractivity contribution in [2.75, 3.05) is 19.7 Å². The van der Waals surface area contributed by atoms with Gasteiger partial charge in [0.1, 0.15) is 0 Å². The van der Waals surface area contributed by atoms with Crippen molar-refractivity contribution in [2.24, 2.45) is 5.92 Å². The van der Waals surface area contributed by atoms with Gasteiger partial charge in [-0.15, -0.1) is 0 Å². The minimum Gasteiger partial charge on any atom is -0.504 e. The second kappa shape index (κ2) is 7.31. The van der Waals surface area contributed by atoms with Crippen molar-refractivity contribution >= 4 is 5.97 Å². The number of likely N-dealkylation sites (tertiary alicyclic amines) is 1. The molecule has 0 radical (unpaired) electrons. The Labute approximate surface area is 125 Å². The van der Waals surface area contributed by atoms with Gasteiger partial charge in [-0.2, -0.15) is 0 Å².